The molecule has 4 rings (SSSR count). The summed E-state index contributed by atoms with van der Waals surface area (Å²) < 4.78 is 5.12. The summed E-state index contributed by atoms with van der Waals surface area (Å²) in [6.07, 6.45) is 10.1. The van der Waals surface area contributed by atoms with E-state index in [2.05, 4.69) is 15.0 Å². The minimum Gasteiger partial charge on any atom is -0.338 e. The average Bonchev–Trinajstić information content (AvgIpc) is 3.25. The maximum atomic E-state index is 5.53. The Balaban J connectivity index is 1.36. The highest BCUT2D eigenvalue weighted by molar-refractivity contribution is 4.94. The standard InChI is InChI=1S/C16H26N4O/c17-9-16-18-15(19-21-16)10-20-5-1-2-14(20)8-13-7-11-3-4-12(13)6-11/h11-14H,1-10,17H2. The Bertz CT molecular complexity index is 488. The smallest absolute Gasteiger partial charge is 0.240 e. The number of rotatable bonds is 5. The first-order chi connectivity index (χ1) is 10.3. The lowest BCUT2D eigenvalue weighted by Crippen LogP contribution is -2.32. The minimum atomic E-state index is 0.335. The van der Waals surface area contributed by atoms with E-state index in [4.69, 9.17) is 10.3 Å². The lowest BCUT2D eigenvalue weighted by molar-refractivity contribution is 0.180. The molecule has 1 aromatic heterocycles. The maximum absolute atomic E-state index is 5.53. The van der Waals surface area contributed by atoms with Crippen LogP contribution >= 0.6 is 0 Å². The molecule has 0 aromatic carbocycles. The number of likely N-dealkylation sites (tertiary alicyclic amines) is 1. The first-order valence-corrected chi connectivity index (χ1v) is 8.57. The maximum Gasteiger partial charge on any atom is 0.240 e. The molecule has 1 aliphatic heterocycles. The molecule has 3 aliphatic rings. The van der Waals surface area contributed by atoms with Crippen molar-refractivity contribution in [3.63, 3.8) is 0 Å². The van der Waals surface area contributed by atoms with E-state index in [1.807, 2.05) is 0 Å². The number of fused-ring (bicyclic) bond motifs is 2. The van der Waals surface area contributed by atoms with Gasteiger partial charge in [-0.25, -0.2) is 0 Å². The fourth-order valence-electron chi connectivity index (χ4n) is 5.00. The van der Waals surface area contributed by atoms with Crippen molar-refractivity contribution in [1.29, 1.82) is 0 Å². The molecule has 0 radical (unpaired) electrons. The van der Waals surface area contributed by atoms with Gasteiger partial charge in [0.2, 0.25) is 5.89 Å². The molecule has 2 heterocycles. The van der Waals surface area contributed by atoms with Crippen LogP contribution in [0, 0.1) is 17.8 Å². The first-order valence-electron chi connectivity index (χ1n) is 8.57. The van der Waals surface area contributed by atoms with E-state index >= 15 is 0 Å². The van der Waals surface area contributed by atoms with Gasteiger partial charge in [-0.15, -0.1) is 0 Å². The number of hydrogen-bond acceptors (Lipinski definition) is 5. The van der Waals surface area contributed by atoms with Gasteiger partial charge in [0.25, 0.3) is 0 Å². The van der Waals surface area contributed by atoms with Crippen LogP contribution in [0.1, 0.15) is 56.7 Å². The second-order valence-corrected chi connectivity index (χ2v) is 7.25. The van der Waals surface area contributed by atoms with Gasteiger partial charge in [-0.3, -0.25) is 4.90 Å². The molecule has 5 nitrogen and oxygen atoms in total. The normalized spacial score (nSPS) is 35.9. The van der Waals surface area contributed by atoms with Gasteiger partial charge in [0, 0.05) is 6.04 Å². The second kappa shape index (κ2) is 5.69. The van der Waals surface area contributed by atoms with Gasteiger partial charge in [-0.05, 0) is 62.8 Å². The van der Waals surface area contributed by atoms with Crippen molar-refractivity contribution >= 4 is 0 Å². The molecule has 1 aromatic rings. The number of hydrogen-bond donors (Lipinski definition) is 1. The molecule has 4 unspecified atom stereocenters. The summed E-state index contributed by atoms with van der Waals surface area (Å²) in [5.74, 6) is 4.43. The van der Waals surface area contributed by atoms with Gasteiger partial charge in [0.15, 0.2) is 5.82 Å². The molecular formula is C16H26N4O. The highest BCUT2D eigenvalue weighted by atomic mass is 16.5. The fraction of sp³-hybridized carbons (Fsp3) is 0.875. The molecule has 116 valence electrons. The monoisotopic (exact) mass is 290 g/mol. The lowest BCUT2D eigenvalue weighted by Gasteiger charge is -2.29. The zero-order chi connectivity index (χ0) is 14.2. The molecule has 0 spiro atoms. The van der Waals surface area contributed by atoms with E-state index in [1.165, 1.54) is 51.5 Å². The Morgan fingerprint density at radius 1 is 1.24 bits per heavy atom. The van der Waals surface area contributed by atoms with Crippen LogP contribution in [0.2, 0.25) is 0 Å². The number of aromatic nitrogens is 2. The van der Waals surface area contributed by atoms with Gasteiger partial charge in [0.05, 0.1) is 13.1 Å². The molecule has 2 N–H and O–H groups in total. The quantitative estimate of drug-likeness (QED) is 0.901. The summed E-state index contributed by atoms with van der Waals surface area (Å²) in [6, 6.07) is 0.731. The Morgan fingerprint density at radius 2 is 2.19 bits per heavy atom. The highest BCUT2D eigenvalue weighted by Crippen LogP contribution is 2.50. The third-order valence-electron chi connectivity index (χ3n) is 5.99. The topological polar surface area (TPSA) is 68.2 Å². The van der Waals surface area contributed by atoms with Crippen molar-refractivity contribution in [3.8, 4) is 0 Å². The highest BCUT2D eigenvalue weighted by Gasteiger charge is 2.41. The molecular weight excluding hydrogens is 264 g/mol. The third-order valence-corrected chi connectivity index (χ3v) is 5.99. The van der Waals surface area contributed by atoms with E-state index in [0.717, 1.165) is 36.2 Å². The van der Waals surface area contributed by atoms with Crippen LogP contribution in [-0.2, 0) is 13.1 Å². The van der Waals surface area contributed by atoms with E-state index in [-0.39, 0.29) is 0 Å². The van der Waals surface area contributed by atoms with Crippen LogP contribution < -0.4 is 5.73 Å². The molecule has 4 atom stereocenters. The summed E-state index contributed by atoms with van der Waals surface area (Å²) in [6.45, 7) is 2.34. The molecule has 0 amide bonds. The fourth-order valence-corrected chi connectivity index (χ4v) is 5.00. The van der Waals surface area contributed by atoms with Crippen LogP contribution in [0.3, 0.4) is 0 Å². The Labute approximate surface area is 126 Å². The third kappa shape index (κ3) is 2.73. The van der Waals surface area contributed by atoms with E-state index in [0.29, 0.717) is 12.4 Å². The van der Waals surface area contributed by atoms with Crippen molar-refractivity contribution in [2.75, 3.05) is 6.54 Å². The summed E-state index contributed by atoms with van der Waals surface area (Å²) in [4.78, 5) is 6.92. The first kappa shape index (κ1) is 13.7. The predicted octanol–water partition coefficient (Wildman–Crippen LogP) is 2.32. The van der Waals surface area contributed by atoms with Gasteiger partial charge in [-0.2, -0.15) is 4.98 Å². The Kier molecular flexibility index (Phi) is 3.71. The van der Waals surface area contributed by atoms with Gasteiger partial charge < -0.3 is 10.3 Å². The van der Waals surface area contributed by atoms with Crippen LogP contribution in [0.5, 0.6) is 0 Å². The zero-order valence-corrected chi connectivity index (χ0v) is 12.7. The summed E-state index contributed by atoms with van der Waals surface area (Å²) >= 11 is 0. The molecule has 2 saturated carbocycles. The van der Waals surface area contributed by atoms with Crippen LogP contribution in [0.4, 0.5) is 0 Å². The largest absolute Gasteiger partial charge is 0.338 e. The minimum absolute atomic E-state index is 0.335. The Hall–Kier alpha value is -0.940. The Morgan fingerprint density at radius 3 is 2.90 bits per heavy atom. The lowest BCUT2D eigenvalue weighted by atomic mass is 9.84. The van der Waals surface area contributed by atoms with Crippen LogP contribution in [0.25, 0.3) is 0 Å². The number of nitrogens with two attached hydrogens (primary N) is 1. The van der Waals surface area contributed by atoms with Crippen molar-refractivity contribution in [2.24, 2.45) is 23.5 Å². The molecule has 2 bridgehead atoms. The summed E-state index contributed by atoms with van der Waals surface area (Å²) in [5, 5.41) is 4.05. The second-order valence-electron chi connectivity index (χ2n) is 7.25. The van der Waals surface area contributed by atoms with E-state index in [9.17, 15) is 0 Å². The van der Waals surface area contributed by atoms with Crippen LogP contribution in [0.15, 0.2) is 4.52 Å². The molecule has 1 saturated heterocycles. The average molecular weight is 290 g/mol. The number of nitrogens with zero attached hydrogens (tertiary/aromatic N) is 3. The molecule has 2 aliphatic carbocycles. The van der Waals surface area contributed by atoms with E-state index < -0.39 is 0 Å². The molecule has 21 heavy (non-hydrogen) atoms. The summed E-state index contributed by atoms with van der Waals surface area (Å²) in [7, 11) is 0. The van der Waals surface area contributed by atoms with Gasteiger partial charge >= 0.3 is 0 Å². The van der Waals surface area contributed by atoms with Crippen LogP contribution in [-0.4, -0.2) is 27.6 Å². The molecule has 3 fully saturated rings. The SMILES string of the molecule is NCc1nc(CN2CCCC2CC2CC3CCC2C3)no1. The van der Waals surface area contributed by atoms with Gasteiger partial charge in [0.1, 0.15) is 0 Å². The van der Waals surface area contributed by atoms with Gasteiger partial charge in [-0.1, -0.05) is 11.6 Å². The summed E-state index contributed by atoms with van der Waals surface area (Å²) in [5.41, 5.74) is 5.53. The van der Waals surface area contributed by atoms with Crippen molar-refractivity contribution in [2.45, 2.75) is 64.1 Å². The molecule has 5 heteroatoms. The zero-order valence-electron chi connectivity index (χ0n) is 12.7. The van der Waals surface area contributed by atoms with Crippen molar-refractivity contribution in [1.82, 2.24) is 15.0 Å². The van der Waals surface area contributed by atoms with Crippen molar-refractivity contribution in [3.05, 3.63) is 11.7 Å². The predicted molar refractivity (Wildman–Crippen MR) is 79.2 cm³/mol. The van der Waals surface area contributed by atoms with Crippen molar-refractivity contribution < 1.29 is 4.52 Å². The van der Waals surface area contributed by atoms with E-state index in [1.54, 1.807) is 0 Å².